The molecule has 0 bridgehead atoms. The van der Waals surface area contributed by atoms with Crippen LogP contribution in [0.3, 0.4) is 0 Å². The van der Waals surface area contributed by atoms with Gasteiger partial charge < -0.3 is 20.4 Å². The fourth-order valence-corrected chi connectivity index (χ4v) is 3.38. The van der Waals surface area contributed by atoms with E-state index in [1.807, 2.05) is 54.3 Å². The molecule has 0 unspecified atom stereocenters. The Morgan fingerprint density at radius 1 is 1.07 bits per heavy atom. The van der Waals surface area contributed by atoms with E-state index in [0.29, 0.717) is 31.2 Å². The van der Waals surface area contributed by atoms with Gasteiger partial charge in [-0.2, -0.15) is 0 Å². The lowest BCUT2D eigenvalue weighted by Gasteiger charge is -2.18. The van der Waals surface area contributed by atoms with Crippen LogP contribution in [0.1, 0.15) is 28.4 Å². The summed E-state index contributed by atoms with van der Waals surface area (Å²) in [5, 5.41) is 6.30. The van der Waals surface area contributed by atoms with Gasteiger partial charge in [0.1, 0.15) is 0 Å². The quantitative estimate of drug-likeness (QED) is 0.568. The molecule has 7 heteroatoms. The Hall–Kier alpha value is -3.35. The first kappa shape index (κ1) is 21.4. The van der Waals surface area contributed by atoms with Crippen LogP contribution < -0.4 is 15.5 Å². The summed E-state index contributed by atoms with van der Waals surface area (Å²) in [6, 6.07) is 15.4. The Labute approximate surface area is 177 Å². The number of carbonyl (C=O) groups is 2. The van der Waals surface area contributed by atoms with E-state index in [2.05, 4.69) is 21.7 Å². The lowest BCUT2D eigenvalue weighted by atomic mass is 10.1. The van der Waals surface area contributed by atoms with Gasteiger partial charge in [-0.15, -0.1) is 0 Å². The Balaban J connectivity index is 1.58. The maximum atomic E-state index is 12.7. The number of anilines is 1. The van der Waals surface area contributed by atoms with Crippen LogP contribution in [0, 0.1) is 0 Å². The molecule has 3 rings (SSSR count). The standard InChI is InChI=1S/C23H29N5O2/c1-4-24-23(25-15-17-9-11-19(12-10-17)22(30)27(2)3)26-16-21(29)28-14-13-18-7-5-6-8-20(18)28/h5-12H,4,13-16H2,1-3H3,(H2,24,25,26). The number of nitrogens with one attached hydrogen (secondary N) is 2. The fraction of sp³-hybridized carbons (Fsp3) is 0.348. The number of carbonyl (C=O) groups excluding carboxylic acids is 2. The molecule has 0 saturated carbocycles. The zero-order valence-electron chi connectivity index (χ0n) is 17.8. The molecule has 0 aromatic heterocycles. The lowest BCUT2D eigenvalue weighted by molar-refractivity contribution is -0.117. The third kappa shape index (κ3) is 5.17. The zero-order chi connectivity index (χ0) is 21.5. The van der Waals surface area contributed by atoms with E-state index >= 15 is 0 Å². The average molecular weight is 408 g/mol. The van der Waals surface area contributed by atoms with Crippen molar-refractivity contribution in [3.63, 3.8) is 0 Å². The minimum atomic E-state index is -0.0259. The van der Waals surface area contributed by atoms with E-state index in [1.54, 1.807) is 19.0 Å². The summed E-state index contributed by atoms with van der Waals surface area (Å²) in [7, 11) is 3.47. The van der Waals surface area contributed by atoms with Crippen LogP contribution in [0.25, 0.3) is 0 Å². The number of benzene rings is 2. The highest BCUT2D eigenvalue weighted by Crippen LogP contribution is 2.27. The second-order valence-corrected chi connectivity index (χ2v) is 7.37. The molecule has 30 heavy (non-hydrogen) atoms. The van der Waals surface area contributed by atoms with Gasteiger partial charge in [0.15, 0.2) is 5.96 Å². The largest absolute Gasteiger partial charge is 0.357 e. The first-order valence-corrected chi connectivity index (χ1v) is 10.2. The predicted octanol–water partition coefficient (Wildman–Crippen LogP) is 2.03. The number of guanidine groups is 1. The summed E-state index contributed by atoms with van der Waals surface area (Å²) in [6.07, 6.45) is 0.891. The van der Waals surface area contributed by atoms with Crippen LogP contribution in [-0.4, -0.2) is 56.4 Å². The van der Waals surface area contributed by atoms with Crippen molar-refractivity contribution in [2.75, 3.05) is 38.6 Å². The molecule has 2 N–H and O–H groups in total. The molecule has 1 aliphatic rings. The lowest BCUT2D eigenvalue weighted by Crippen LogP contribution is -2.44. The van der Waals surface area contributed by atoms with Gasteiger partial charge in [0, 0.05) is 38.4 Å². The highest BCUT2D eigenvalue weighted by Gasteiger charge is 2.23. The van der Waals surface area contributed by atoms with E-state index in [1.165, 1.54) is 5.56 Å². The second kappa shape index (κ2) is 9.91. The minimum absolute atomic E-state index is 0.0251. The molecule has 0 atom stereocenters. The number of aliphatic imine (C=N–C) groups is 1. The van der Waals surface area contributed by atoms with Crippen molar-refractivity contribution in [3.05, 3.63) is 65.2 Å². The van der Waals surface area contributed by atoms with Crippen molar-refractivity contribution in [3.8, 4) is 0 Å². The number of hydrogen-bond donors (Lipinski definition) is 2. The van der Waals surface area contributed by atoms with E-state index in [9.17, 15) is 9.59 Å². The summed E-state index contributed by atoms with van der Waals surface area (Å²) >= 11 is 0. The maximum Gasteiger partial charge on any atom is 0.253 e. The highest BCUT2D eigenvalue weighted by atomic mass is 16.2. The van der Waals surface area contributed by atoms with Gasteiger partial charge in [-0.25, -0.2) is 4.99 Å². The fourth-order valence-electron chi connectivity index (χ4n) is 3.38. The SMILES string of the molecule is CCNC(=NCc1ccc(C(=O)N(C)C)cc1)NCC(=O)N1CCc2ccccc21. The van der Waals surface area contributed by atoms with Crippen LogP contribution >= 0.6 is 0 Å². The summed E-state index contributed by atoms with van der Waals surface area (Å²) < 4.78 is 0. The van der Waals surface area contributed by atoms with Crippen molar-refractivity contribution >= 4 is 23.5 Å². The summed E-state index contributed by atoms with van der Waals surface area (Å²) in [5.41, 5.74) is 3.85. The summed E-state index contributed by atoms with van der Waals surface area (Å²) in [5.74, 6) is 0.589. The van der Waals surface area contributed by atoms with Crippen LogP contribution in [0.5, 0.6) is 0 Å². The van der Waals surface area contributed by atoms with Crippen molar-refractivity contribution in [1.82, 2.24) is 15.5 Å². The molecule has 7 nitrogen and oxygen atoms in total. The molecule has 2 aromatic rings. The summed E-state index contributed by atoms with van der Waals surface area (Å²) in [6.45, 7) is 4.02. The average Bonchev–Trinajstić information content (AvgIpc) is 3.19. The molecule has 1 aliphatic heterocycles. The van der Waals surface area contributed by atoms with Gasteiger partial charge in [-0.1, -0.05) is 30.3 Å². The van der Waals surface area contributed by atoms with Crippen molar-refractivity contribution < 1.29 is 9.59 Å². The molecule has 0 fully saturated rings. The molecule has 158 valence electrons. The van der Waals surface area contributed by atoms with Gasteiger partial charge >= 0.3 is 0 Å². The molecule has 1 heterocycles. The normalized spacial score (nSPS) is 13.0. The molecule has 0 radical (unpaired) electrons. The molecule has 0 aliphatic carbocycles. The third-order valence-electron chi connectivity index (χ3n) is 4.97. The maximum absolute atomic E-state index is 12.7. The Morgan fingerprint density at radius 3 is 2.50 bits per heavy atom. The van der Waals surface area contributed by atoms with Crippen LogP contribution in [0.4, 0.5) is 5.69 Å². The van der Waals surface area contributed by atoms with Crippen molar-refractivity contribution in [1.29, 1.82) is 0 Å². The number of rotatable bonds is 6. The molecule has 2 amide bonds. The van der Waals surface area contributed by atoms with Gasteiger partial charge in [-0.05, 0) is 42.7 Å². The molecule has 2 aromatic carbocycles. The molecule has 0 saturated heterocycles. The Kier molecular flexibility index (Phi) is 7.06. The van der Waals surface area contributed by atoms with Gasteiger partial charge in [-0.3, -0.25) is 9.59 Å². The summed E-state index contributed by atoms with van der Waals surface area (Å²) in [4.78, 5) is 32.6. The van der Waals surface area contributed by atoms with Crippen LogP contribution in [0.15, 0.2) is 53.5 Å². The first-order valence-electron chi connectivity index (χ1n) is 10.2. The Bertz CT molecular complexity index is 921. The number of hydrogen-bond acceptors (Lipinski definition) is 3. The predicted molar refractivity (Wildman–Crippen MR) is 120 cm³/mol. The van der Waals surface area contributed by atoms with Gasteiger partial charge in [0.25, 0.3) is 5.91 Å². The first-order chi connectivity index (χ1) is 14.5. The van der Waals surface area contributed by atoms with Gasteiger partial charge in [0.05, 0.1) is 13.1 Å². The Morgan fingerprint density at radius 2 is 1.80 bits per heavy atom. The highest BCUT2D eigenvalue weighted by molar-refractivity contribution is 5.98. The zero-order valence-corrected chi connectivity index (χ0v) is 17.8. The molecular formula is C23H29N5O2. The van der Waals surface area contributed by atoms with Crippen LogP contribution in [-0.2, 0) is 17.8 Å². The van der Waals surface area contributed by atoms with Crippen molar-refractivity contribution in [2.24, 2.45) is 4.99 Å². The second-order valence-electron chi connectivity index (χ2n) is 7.37. The van der Waals surface area contributed by atoms with Crippen molar-refractivity contribution in [2.45, 2.75) is 19.9 Å². The van der Waals surface area contributed by atoms with E-state index < -0.39 is 0 Å². The minimum Gasteiger partial charge on any atom is -0.357 e. The topological polar surface area (TPSA) is 77.0 Å². The van der Waals surface area contributed by atoms with E-state index in [0.717, 1.165) is 17.7 Å². The molecular weight excluding hydrogens is 378 g/mol. The number of fused-ring (bicyclic) bond motifs is 1. The van der Waals surface area contributed by atoms with E-state index in [4.69, 9.17) is 0 Å². The number of amides is 2. The monoisotopic (exact) mass is 407 g/mol. The van der Waals surface area contributed by atoms with Gasteiger partial charge in [0.2, 0.25) is 5.91 Å². The number of para-hydroxylation sites is 1. The van der Waals surface area contributed by atoms with E-state index in [-0.39, 0.29) is 18.4 Å². The smallest absolute Gasteiger partial charge is 0.253 e. The third-order valence-corrected chi connectivity index (χ3v) is 4.97. The molecule has 0 spiro atoms. The van der Waals surface area contributed by atoms with Crippen LogP contribution in [0.2, 0.25) is 0 Å². The number of nitrogens with zero attached hydrogens (tertiary/aromatic N) is 3.